The van der Waals surface area contributed by atoms with E-state index in [1.807, 2.05) is 35.2 Å². The van der Waals surface area contributed by atoms with Crippen LogP contribution in [0.5, 0.6) is 0 Å². The van der Waals surface area contributed by atoms with Gasteiger partial charge in [0.2, 0.25) is 0 Å². The number of anilines is 1. The number of hydrogen-bond acceptors (Lipinski definition) is 6. The topological polar surface area (TPSA) is 112 Å². The van der Waals surface area contributed by atoms with Crippen LogP contribution in [0, 0.1) is 10.1 Å². The van der Waals surface area contributed by atoms with Gasteiger partial charge in [0.25, 0.3) is 11.6 Å². The van der Waals surface area contributed by atoms with Crippen molar-refractivity contribution < 1.29 is 14.5 Å². The highest BCUT2D eigenvalue weighted by Crippen LogP contribution is 2.26. The Morgan fingerprint density at radius 2 is 2.00 bits per heavy atom. The van der Waals surface area contributed by atoms with Crippen LogP contribution in [0.2, 0.25) is 0 Å². The van der Waals surface area contributed by atoms with Gasteiger partial charge in [0.15, 0.2) is 0 Å². The molecule has 1 aliphatic heterocycles. The molecule has 2 heterocycles. The van der Waals surface area contributed by atoms with E-state index in [1.54, 1.807) is 0 Å². The van der Waals surface area contributed by atoms with Crippen molar-refractivity contribution in [1.82, 2.24) is 4.98 Å². The molecule has 2 N–H and O–H groups in total. The van der Waals surface area contributed by atoms with Crippen molar-refractivity contribution in [2.45, 2.75) is 25.6 Å². The Morgan fingerprint density at radius 1 is 1.31 bits per heavy atom. The fraction of sp³-hybridized carbons (Fsp3) is 0.333. The number of ether oxygens (including phenoxy) is 1. The lowest BCUT2D eigenvalue weighted by atomic mass is 10.1. The summed E-state index contributed by atoms with van der Waals surface area (Å²) >= 11 is 0. The van der Waals surface area contributed by atoms with Gasteiger partial charge in [-0.15, -0.1) is 0 Å². The van der Waals surface area contributed by atoms with E-state index in [-0.39, 0.29) is 17.4 Å². The molecular weight excluding hydrogens is 336 g/mol. The second-order valence-electron chi connectivity index (χ2n) is 6.17. The molecule has 26 heavy (non-hydrogen) atoms. The number of nitrogens with two attached hydrogens (primary N) is 1. The third-order valence-corrected chi connectivity index (χ3v) is 4.40. The number of nitrogens with zero attached hydrogens (tertiary/aromatic N) is 3. The Kier molecular flexibility index (Phi) is 5.43. The molecule has 0 aliphatic carbocycles. The van der Waals surface area contributed by atoms with E-state index in [1.165, 1.54) is 6.07 Å². The summed E-state index contributed by atoms with van der Waals surface area (Å²) in [6.45, 7) is 1.85. The minimum Gasteiger partial charge on any atom is -0.373 e. The number of nitro groups is 1. The molecular formula is C18H20N4O4. The fourth-order valence-electron chi connectivity index (χ4n) is 3.00. The zero-order valence-corrected chi connectivity index (χ0v) is 14.2. The second-order valence-corrected chi connectivity index (χ2v) is 6.17. The van der Waals surface area contributed by atoms with Gasteiger partial charge in [-0.25, -0.2) is 4.98 Å². The zero-order valence-electron chi connectivity index (χ0n) is 14.2. The summed E-state index contributed by atoms with van der Waals surface area (Å²) in [4.78, 5) is 28.0. The van der Waals surface area contributed by atoms with Crippen molar-refractivity contribution in [3.05, 3.63) is 63.8 Å². The van der Waals surface area contributed by atoms with E-state index in [0.29, 0.717) is 25.5 Å². The lowest BCUT2D eigenvalue weighted by molar-refractivity contribution is -0.385. The summed E-state index contributed by atoms with van der Waals surface area (Å²) in [5.41, 5.74) is 6.33. The third kappa shape index (κ3) is 4.15. The highest BCUT2D eigenvalue weighted by molar-refractivity contribution is 5.98. The maximum Gasteiger partial charge on any atom is 0.288 e. The minimum atomic E-state index is -0.723. The molecule has 0 saturated carbocycles. The van der Waals surface area contributed by atoms with Crippen LogP contribution >= 0.6 is 0 Å². The monoisotopic (exact) mass is 356 g/mol. The molecule has 8 heteroatoms. The van der Waals surface area contributed by atoms with Gasteiger partial charge in [-0.1, -0.05) is 30.3 Å². The minimum absolute atomic E-state index is 0.0721. The quantitative estimate of drug-likeness (QED) is 0.628. The molecule has 8 nitrogen and oxygen atoms in total. The van der Waals surface area contributed by atoms with Crippen LogP contribution < -0.4 is 10.6 Å². The van der Waals surface area contributed by atoms with Crippen LogP contribution in [0.25, 0.3) is 0 Å². The highest BCUT2D eigenvalue weighted by atomic mass is 16.6. The molecule has 1 fully saturated rings. The molecule has 0 radical (unpaired) electrons. The molecule has 0 spiro atoms. The van der Waals surface area contributed by atoms with Gasteiger partial charge in [0.1, 0.15) is 12.0 Å². The Morgan fingerprint density at radius 3 is 2.62 bits per heavy atom. The molecule has 1 aromatic carbocycles. The lowest BCUT2D eigenvalue weighted by Gasteiger charge is -2.33. The fourth-order valence-corrected chi connectivity index (χ4v) is 3.00. The van der Waals surface area contributed by atoms with Gasteiger partial charge >= 0.3 is 0 Å². The Hall–Kier alpha value is -3.00. The molecule has 1 aliphatic rings. The van der Waals surface area contributed by atoms with Gasteiger partial charge in [-0.2, -0.15) is 0 Å². The van der Waals surface area contributed by atoms with Gasteiger partial charge in [-0.05, 0) is 18.4 Å². The summed E-state index contributed by atoms with van der Waals surface area (Å²) in [5, 5.41) is 10.9. The first-order chi connectivity index (χ1) is 12.5. The van der Waals surface area contributed by atoms with Crippen molar-refractivity contribution in [2.24, 2.45) is 5.73 Å². The van der Waals surface area contributed by atoms with Crippen molar-refractivity contribution in [1.29, 1.82) is 0 Å². The van der Waals surface area contributed by atoms with Gasteiger partial charge in [0.05, 0.1) is 23.2 Å². The van der Waals surface area contributed by atoms with Crippen LogP contribution in [-0.4, -0.2) is 35.0 Å². The summed E-state index contributed by atoms with van der Waals surface area (Å²) in [6, 6.07) is 11.2. The van der Waals surface area contributed by atoms with E-state index in [4.69, 9.17) is 10.5 Å². The largest absolute Gasteiger partial charge is 0.373 e. The number of carbonyl (C=O) groups is 1. The Balaban J connectivity index is 1.62. The second kappa shape index (κ2) is 7.92. The average molecular weight is 356 g/mol. The molecule has 136 valence electrons. The lowest BCUT2D eigenvalue weighted by Crippen LogP contribution is -2.38. The molecule has 1 saturated heterocycles. The third-order valence-electron chi connectivity index (χ3n) is 4.40. The Bertz CT molecular complexity index is 789. The molecule has 1 amide bonds. The standard InChI is InChI=1S/C18H20N4O4/c19-17(23)16-10-14(22(24)25)11-20-18(16)21-8-6-15(7-9-21)26-12-13-4-2-1-3-5-13/h1-5,10-11,15H,6-9,12H2,(H2,19,23). The summed E-state index contributed by atoms with van der Waals surface area (Å²) in [7, 11) is 0. The number of rotatable bonds is 6. The predicted octanol–water partition coefficient (Wildman–Crippen LogP) is 2.27. The number of piperidine rings is 1. The van der Waals surface area contributed by atoms with E-state index in [9.17, 15) is 14.9 Å². The van der Waals surface area contributed by atoms with Crippen molar-refractivity contribution in [2.75, 3.05) is 18.0 Å². The molecule has 0 atom stereocenters. The van der Waals surface area contributed by atoms with Crippen LogP contribution in [0.1, 0.15) is 28.8 Å². The molecule has 2 aromatic rings. The van der Waals surface area contributed by atoms with E-state index >= 15 is 0 Å². The van der Waals surface area contributed by atoms with Crippen LogP contribution in [0.4, 0.5) is 11.5 Å². The van der Waals surface area contributed by atoms with Crippen molar-refractivity contribution >= 4 is 17.4 Å². The van der Waals surface area contributed by atoms with E-state index in [0.717, 1.165) is 24.6 Å². The van der Waals surface area contributed by atoms with Crippen LogP contribution in [0.3, 0.4) is 0 Å². The average Bonchev–Trinajstić information content (AvgIpc) is 2.67. The first-order valence-electron chi connectivity index (χ1n) is 8.39. The van der Waals surface area contributed by atoms with Crippen LogP contribution in [-0.2, 0) is 11.3 Å². The van der Waals surface area contributed by atoms with Gasteiger partial charge in [0, 0.05) is 19.2 Å². The van der Waals surface area contributed by atoms with Crippen molar-refractivity contribution in [3.63, 3.8) is 0 Å². The van der Waals surface area contributed by atoms with E-state index < -0.39 is 10.8 Å². The number of primary amides is 1. The molecule has 3 rings (SSSR count). The van der Waals surface area contributed by atoms with Gasteiger partial charge in [-0.3, -0.25) is 14.9 Å². The van der Waals surface area contributed by atoms with Crippen LogP contribution in [0.15, 0.2) is 42.6 Å². The maximum atomic E-state index is 11.7. The summed E-state index contributed by atoms with van der Waals surface area (Å²) in [5.74, 6) is -0.330. The number of carbonyl (C=O) groups excluding carboxylic acids is 1. The number of amides is 1. The SMILES string of the molecule is NC(=O)c1cc([N+](=O)[O-])cnc1N1CCC(OCc2ccccc2)CC1. The molecule has 0 bridgehead atoms. The smallest absolute Gasteiger partial charge is 0.288 e. The molecule has 0 unspecified atom stereocenters. The first-order valence-corrected chi connectivity index (χ1v) is 8.39. The highest BCUT2D eigenvalue weighted by Gasteiger charge is 2.25. The number of aromatic nitrogens is 1. The van der Waals surface area contributed by atoms with E-state index in [2.05, 4.69) is 4.98 Å². The molecule has 1 aromatic heterocycles. The first kappa shape index (κ1) is 17.8. The number of benzene rings is 1. The maximum absolute atomic E-state index is 11.7. The van der Waals surface area contributed by atoms with Crippen molar-refractivity contribution in [3.8, 4) is 0 Å². The summed E-state index contributed by atoms with van der Waals surface area (Å²) < 4.78 is 5.95. The normalized spacial score (nSPS) is 15.0. The number of pyridine rings is 1. The summed E-state index contributed by atoms with van der Waals surface area (Å²) in [6.07, 6.45) is 2.84. The predicted molar refractivity (Wildman–Crippen MR) is 95.9 cm³/mol. The number of hydrogen-bond donors (Lipinski definition) is 1. The zero-order chi connectivity index (χ0) is 18.5. The van der Waals surface area contributed by atoms with Gasteiger partial charge < -0.3 is 15.4 Å². The Labute approximate surface area is 150 Å².